The van der Waals surface area contributed by atoms with Crippen LogP contribution in [0, 0.1) is 0 Å². The van der Waals surface area contributed by atoms with Gasteiger partial charge >= 0.3 is 6.18 Å². The molecule has 9 heteroatoms. The second-order valence-corrected chi connectivity index (χ2v) is 17.3. The molecule has 2 atom stereocenters. The Morgan fingerprint density at radius 3 is 2.00 bits per heavy atom. The Labute approximate surface area is 161 Å². The lowest BCUT2D eigenvalue weighted by Crippen LogP contribution is -2.60. The maximum absolute atomic E-state index is 14.4. The van der Waals surface area contributed by atoms with Crippen LogP contribution in [0.2, 0.25) is 44.3 Å². The van der Waals surface area contributed by atoms with E-state index in [0.29, 0.717) is 5.02 Å². The van der Waals surface area contributed by atoms with E-state index >= 15 is 0 Å². The molecule has 0 bridgehead atoms. The van der Waals surface area contributed by atoms with E-state index in [-0.39, 0.29) is 12.2 Å². The lowest BCUT2D eigenvalue weighted by molar-refractivity contribution is -0.383. The van der Waals surface area contributed by atoms with E-state index in [0.717, 1.165) is 0 Å². The molecule has 0 radical (unpaired) electrons. The first kappa shape index (κ1) is 23.7. The first-order valence-corrected chi connectivity index (χ1v) is 15.6. The number of halogens is 4. The van der Waals surface area contributed by atoms with Crippen LogP contribution in [0.4, 0.5) is 13.2 Å². The van der Waals surface area contributed by atoms with Gasteiger partial charge in [-0.3, -0.25) is 0 Å². The van der Waals surface area contributed by atoms with Gasteiger partial charge in [-0.1, -0.05) is 23.7 Å². The van der Waals surface area contributed by atoms with E-state index in [1.54, 1.807) is 37.8 Å². The molecule has 0 saturated heterocycles. The summed E-state index contributed by atoms with van der Waals surface area (Å²) in [6, 6.07) is 6.23. The molecule has 0 spiro atoms. The van der Waals surface area contributed by atoms with Crippen LogP contribution < -0.4 is 0 Å². The molecule has 26 heavy (non-hydrogen) atoms. The molecule has 0 saturated carbocycles. The van der Waals surface area contributed by atoms with Gasteiger partial charge in [0.25, 0.3) is 5.79 Å². The largest absolute Gasteiger partial charge is 0.445 e. The van der Waals surface area contributed by atoms with Gasteiger partial charge in [0.15, 0.2) is 16.6 Å². The van der Waals surface area contributed by atoms with Crippen LogP contribution in [0.25, 0.3) is 0 Å². The van der Waals surface area contributed by atoms with Crippen molar-refractivity contribution in [1.82, 2.24) is 0 Å². The summed E-state index contributed by atoms with van der Waals surface area (Å²) in [6.45, 7) is 11.9. The third-order valence-corrected chi connectivity index (χ3v) is 5.27. The van der Waals surface area contributed by atoms with Gasteiger partial charge in [0.1, 0.15) is 6.10 Å². The van der Waals surface area contributed by atoms with Crippen molar-refractivity contribution in [2.45, 2.75) is 64.3 Å². The lowest BCUT2D eigenvalue weighted by atomic mass is 10.0. The normalized spacial score (nSPS) is 17.0. The van der Waals surface area contributed by atoms with E-state index < -0.39 is 34.7 Å². The minimum Gasteiger partial charge on any atom is -0.405 e. The predicted octanol–water partition coefficient (Wildman–Crippen LogP) is 6.38. The average Bonchev–Trinajstić information content (AvgIpc) is 2.40. The Balaban J connectivity index is 3.68. The molecule has 150 valence electrons. The monoisotopic (exact) mass is 428 g/mol. The summed E-state index contributed by atoms with van der Waals surface area (Å²) in [6.07, 6.45) is -6.27. The molecule has 0 N–H and O–H groups in total. The number of hydrogen-bond donors (Lipinski definition) is 0. The summed E-state index contributed by atoms with van der Waals surface area (Å²) < 4.78 is 60.1. The van der Waals surface area contributed by atoms with Crippen LogP contribution in [0.3, 0.4) is 0 Å². The van der Waals surface area contributed by atoms with E-state index in [1.807, 2.05) is 19.6 Å². The zero-order chi connectivity index (χ0) is 20.4. The third-order valence-electron chi connectivity index (χ3n) is 3.18. The molecule has 0 amide bonds. The third kappa shape index (κ3) is 6.35. The maximum Gasteiger partial charge on any atom is 0.445 e. The number of ether oxygens (including phenoxy) is 1. The van der Waals surface area contributed by atoms with E-state index in [1.165, 1.54) is 13.0 Å². The predicted molar refractivity (Wildman–Crippen MR) is 103 cm³/mol. The van der Waals surface area contributed by atoms with Gasteiger partial charge in [-0.15, -0.1) is 0 Å². The Kier molecular flexibility index (Phi) is 7.57. The highest BCUT2D eigenvalue weighted by molar-refractivity contribution is 6.70. The van der Waals surface area contributed by atoms with E-state index in [9.17, 15) is 13.2 Å². The molecule has 3 nitrogen and oxygen atoms in total. The average molecular weight is 429 g/mol. The highest BCUT2D eigenvalue weighted by Crippen LogP contribution is 2.48. The molecule has 0 aliphatic rings. The molecule has 0 aliphatic carbocycles. The van der Waals surface area contributed by atoms with Gasteiger partial charge in [0.05, 0.1) is 0 Å². The minimum atomic E-state index is -4.80. The number of hydrogen-bond acceptors (Lipinski definition) is 3. The topological polar surface area (TPSA) is 27.7 Å². The van der Waals surface area contributed by atoms with Gasteiger partial charge in [-0.2, -0.15) is 13.2 Å². The molecule has 0 aliphatic heterocycles. The molecule has 2 unspecified atom stereocenters. The smallest absolute Gasteiger partial charge is 0.405 e. The van der Waals surface area contributed by atoms with Crippen LogP contribution in [0.15, 0.2) is 24.3 Å². The molecule has 0 aromatic heterocycles. The summed E-state index contributed by atoms with van der Waals surface area (Å²) in [4.78, 5) is 0. The first-order chi connectivity index (χ1) is 11.6. The quantitative estimate of drug-likeness (QED) is 0.355. The second kappa shape index (κ2) is 8.32. The number of benzene rings is 1. The van der Waals surface area contributed by atoms with Crippen LogP contribution in [-0.2, 0) is 13.6 Å². The van der Waals surface area contributed by atoms with Gasteiger partial charge in [-0.05, 0) is 63.9 Å². The Morgan fingerprint density at radius 2 is 1.62 bits per heavy atom. The zero-order valence-electron chi connectivity index (χ0n) is 16.3. The van der Waals surface area contributed by atoms with Crippen LogP contribution in [-0.4, -0.2) is 35.2 Å². The van der Waals surface area contributed by atoms with Gasteiger partial charge in [0.2, 0.25) is 0 Å². The van der Waals surface area contributed by atoms with Crippen molar-refractivity contribution in [3.05, 3.63) is 34.9 Å². The minimum absolute atomic E-state index is 0.171. The fraction of sp³-hybridized carbons (Fsp3) is 0.647. The molecule has 1 aromatic carbocycles. The summed E-state index contributed by atoms with van der Waals surface area (Å²) in [5.41, 5.74) is 0.281. The standard InChI is InChI=1S/C17H28ClF3O3Si2/c1-8-22-16(17(19,20)21,24-26(5,6)7)15(23-25(2,3)4)13-10-9-11-14(18)12-13/h9-12,15H,8H2,1-7H3. The van der Waals surface area contributed by atoms with Crippen molar-refractivity contribution < 1.29 is 26.8 Å². The van der Waals surface area contributed by atoms with E-state index in [4.69, 9.17) is 25.2 Å². The van der Waals surface area contributed by atoms with Gasteiger partial charge in [-0.25, -0.2) is 0 Å². The lowest BCUT2D eigenvalue weighted by Gasteiger charge is -2.46. The zero-order valence-corrected chi connectivity index (χ0v) is 19.1. The van der Waals surface area contributed by atoms with Crippen LogP contribution in [0.5, 0.6) is 0 Å². The molecular formula is C17H28ClF3O3Si2. The SMILES string of the molecule is CCOC(O[Si](C)(C)C)(C(O[Si](C)(C)C)c1cccc(Cl)c1)C(F)(F)F. The van der Waals surface area contributed by atoms with Crippen LogP contribution >= 0.6 is 11.6 Å². The van der Waals surface area contributed by atoms with Crippen molar-refractivity contribution in [2.75, 3.05) is 6.61 Å². The second-order valence-electron chi connectivity index (χ2n) is 7.98. The van der Waals surface area contributed by atoms with Crippen molar-refractivity contribution in [1.29, 1.82) is 0 Å². The Bertz CT molecular complexity index is 600. The summed E-state index contributed by atoms with van der Waals surface area (Å²) in [5, 5.41) is 0.326. The van der Waals surface area contributed by atoms with E-state index in [2.05, 4.69) is 0 Å². The van der Waals surface area contributed by atoms with Crippen LogP contribution in [0.1, 0.15) is 18.6 Å². The Morgan fingerprint density at radius 1 is 1.04 bits per heavy atom. The molecular weight excluding hydrogens is 401 g/mol. The highest BCUT2D eigenvalue weighted by atomic mass is 35.5. The number of rotatable bonds is 8. The van der Waals surface area contributed by atoms with Crippen molar-refractivity contribution in [3.8, 4) is 0 Å². The highest BCUT2D eigenvalue weighted by Gasteiger charge is 2.65. The van der Waals surface area contributed by atoms with Gasteiger partial charge < -0.3 is 13.6 Å². The molecule has 0 fully saturated rings. The molecule has 1 rings (SSSR count). The molecule has 0 heterocycles. The van der Waals surface area contributed by atoms with Crippen molar-refractivity contribution >= 4 is 28.2 Å². The fourth-order valence-corrected chi connectivity index (χ4v) is 4.89. The fourth-order valence-electron chi connectivity index (χ4n) is 2.50. The summed E-state index contributed by atoms with van der Waals surface area (Å²) in [5.74, 6) is -2.89. The number of alkyl halides is 3. The Hall–Kier alpha value is -0.386. The first-order valence-electron chi connectivity index (χ1n) is 8.45. The summed E-state index contributed by atoms with van der Waals surface area (Å²) >= 11 is 6.04. The maximum atomic E-state index is 14.4. The van der Waals surface area contributed by atoms with Gasteiger partial charge in [0, 0.05) is 11.6 Å². The van der Waals surface area contributed by atoms with Crippen molar-refractivity contribution in [3.63, 3.8) is 0 Å². The van der Waals surface area contributed by atoms with Crippen molar-refractivity contribution in [2.24, 2.45) is 0 Å². The molecule has 1 aromatic rings. The summed E-state index contributed by atoms with van der Waals surface area (Å²) in [7, 11) is -5.07.